The first-order valence-electron chi connectivity index (χ1n) is 9.26. The van der Waals surface area contributed by atoms with Crippen molar-refractivity contribution >= 4 is 11.9 Å². The average molecular weight is 393 g/mol. The van der Waals surface area contributed by atoms with Crippen molar-refractivity contribution in [2.24, 2.45) is 0 Å². The second-order valence-corrected chi connectivity index (χ2v) is 6.83. The zero-order chi connectivity index (χ0) is 20.2. The monoisotopic (exact) mass is 393 g/mol. The Morgan fingerprint density at radius 3 is 2.59 bits per heavy atom. The second-order valence-electron chi connectivity index (χ2n) is 6.83. The standard InChI is InChI=1S/C21H20FN5O2/c22-18-9-5-4-8-16(18)10-20(28)25-27-19-14-26(13-17(19)12-24-27)21(29)23-11-15-6-2-1-3-7-15/h1-9,12H,10-11,13-14H2,(H,23,29)(H,25,28). The summed E-state index contributed by atoms with van der Waals surface area (Å²) in [5.41, 5.74) is 5.59. The van der Waals surface area contributed by atoms with Crippen molar-refractivity contribution in [1.82, 2.24) is 20.1 Å². The van der Waals surface area contributed by atoms with Gasteiger partial charge in [-0.3, -0.25) is 4.79 Å². The lowest BCUT2D eigenvalue weighted by Gasteiger charge is -2.17. The van der Waals surface area contributed by atoms with Gasteiger partial charge in [-0.15, -0.1) is 0 Å². The number of nitrogens with zero attached hydrogens (tertiary/aromatic N) is 3. The summed E-state index contributed by atoms with van der Waals surface area (Å²) in [7, 11) is 0. The van der Waals surface area contributed by atoms with Crippen LogP contribution in [0.3, 0.4) is 0 Å². The maximum Gasteiger partial charge on any atom is 0.318 e. The van der Waals surface area contributed by atoms with Gasteiger partial charge < -0.3 is 10.2 Å². The van der Waals surface area contributed by atoms with E-state index in [0.29, 0.717) is 25.2 Å². The van der Waals surface area contributed by atoms with E-state index < -0.39 is 5.82 Å². The van der Waals surface area contributed by atoms with E-state index in [2.05, 4.69) is 15.8 Å². The highest BCUT2D eigenvalue weighted by atomic mass is 19.1. The SMILES string of the molecule is O=C(Cc1ccccc1F)Nn1ncc2c1CN(C(=O)NCc1ccccc1)C2. The maximum atomic E-state index is 13.7. The summed E-state index contributed by atoms with van der Waals surface area (Å²) in [6, 6.07) is 15.6. The molecule has 0 unspecified atom stereocenters. The lowest BCUT2D eigenvalue weighted by atomic mass is 10.1. The number of halogens is 1. The van der Waals surface area contributed by atoms with Gasteiger partial charge in [0, 0.05) is 12.1 Å². The number of carbonyl (C=O) groups excluding carboxylic acids is 2. The van der Waals surface area contributed by atoms with Gasteiger partial charge in [0.05, 0.1) is 31.4 Å². The molecule has 2 N–H and O–H groups in total. The van der Waals surface area contributed by atoms with Gasteiger partial charge in [-0.05, 0) is 17.2 Å². The number of nitrogens with one attached hydrogen (secondary N) is 2. The molecule has 3 aromatic rings. The second kappa shape index (κ2) is 8.14. The van der Waals surface area contributed by atoms with Gasteiger partial charge in [0.25, 0.3) is 0 Å². The van der Waals surface area contributed by atoms with Gasteiger partial charge in [0.2, 0.25) is 5.91 Å². The summed E-state index contributed by atoms with van der Waals surface area (Å²) in [5, 5.41) is 7.05. The van der Waals surface area contributed by atoms with E-state index in [1.807, 2.05) is 30.3 Å². The molecule has 0 bridgehead atoms. The molecule has 1 aromatic heterocycles. The molecule has 0 atom stereocenters. The third-order valence-electron chi connectivity index (χ3n) is 4.77. The van der Waals surface area contributed by atoms with Crippen molar-refractivity contribution in [2.75, 3.05) is 5.43 Å². The normalized spacial score (nSPS) is 12.5. The van der Waals surface area contributed by atoms with Crippen molar-refractivity contribution in [3.8, 4) is 0 Å². The molecule has 3 amide bonds. The number of aromatic nitrogens is 2. The molecular formula is C21H20FN5O2. The molecule has 0 radical (unpaired) electrons. The predicted molar refractivity (Wildman–Crippen MR) is 105 cm³/mol. The number of rotatable bonds is 5. The molecule has 7 nitrogen and oxygen atoms in total. The average Bonchev–Trinajstić information content (AvgIpc) is 3.31. The third kappa shape index (κ3) is 4.26. The highest BCUT2D eigenvalue weighted by Crippen LogP contribution is 2.22. The van der Waals surface area contributed by atoms with E-state index in [1.165, 1.54) is 10.9 Å². The molecule has 4 rings (SSSR count). The molecule has 0 saturated heterocycles. The molecule has 8 heteroatoms. The van der Waals surface area contributed by atoms with Crippen LogP contribution in [0.15, 0.2) is 60.8 Å². The summed E-state index contributed by atoms with van der Waals surface area (Å²) in [5.74, 6) is -0.803. The lowest BCUT2D eigenvalue weighted by Crippen LogP contribution is -2.37. The first-order chi connectivity index (χ1) is 14.1. The Hall–Kier alpha value is -3.68. The zero-order valence-electron chi connectivity index (χ0n) is 15.6. The minimum absolute atomic E-state index is 0.0947. The van der Waals surface area contributed by atoms with Gasteiger partial charge >= 0.3 is 6.03 Å². The van der Waals surface area contributed by atoms with Crippen LogP contribution in [-0.2, 0) is 30.8 Å². The van der Waals surface area contributed by atoms with Crippen molar-refractivity contribution in [1.29, 1.82) is 0 Å². The van der Waals surface area contributed by atoms with E-state index in [9.17, 15) is 14.0 Å². The molecule has 0 spiro atoms. The number of amides is 3. The van der Waals surface area contributed by atoms with Crippen LogP contribution in [0, 0.1) is 5.82 Å². The molecule has 1 aliphatic heterocycles. The molecule has 148 valence electrons. The van der Waals surface area contributed by atoms with Crippen LogP contribution < -0.4 is 10.7 Å². The Balaban J connectivity index is 1.34. The Morgan fingerprint density at radius 1 is 1.03 bits per heavy atom. The Kier molecular flexibility index (Phi) is 5.24. The van der Waals surface area contributed by atoms with E-state index in [0.717, 1.165) is 16.8 Å². The van der Waals surface area contributed by atoms with Crippen LogP contribution in [0.1, 0.15) is 22.4 Å². The topological polar surface area (TPSA) is 79.3 Å². The van der Waals surface area contributed by atoms with Crippen LogP contribution in [0.4, 0.5) is 9.18 Å². The van der Waals surface area contributed by atoms with Crippen molar-refractivity contribution in [2.45, 2.75) is 26.1 Å². The van der Waals surface area contributed by atoms with Crippen molar-refractivity contribution < 1.29 is 14.0 Å². The van der Waals surface area contributed by atoms with Gasteiger partial charge in [0.1, 0.15) is 5.82 Å². The predicted octanol–water partition coefficient (Wildman–Crippen LogP) is 2.56. The molecule has 0 fully saturated rings. The van der Waals surface area contributed by atoms with Crippen molar-refractivity contribution in [3.05, 3.63) is 89.0 Å². The summed E-state index contributed by atoms with van der Waals surface area (Å²) in [6.07, 6.45) is 1.53. The number of benzene rings is 2. The van der Waals surface area contributed by atoms with Crippen LogP contribution in [-0.4, -0.2) is 26.7 Å². The molecule has 1 aliphatic rings. The van der Waals surface area contributed by atoms with Gasteiger partial charge in [-0.1, -0.05) is 48.5 Å². The molecule has 29 heavy (non-hydrogen) atoms. The fourth-order valence-corrected chi connectivity index (χ4v) is 3.25. The Bertz CT molecular complexity index is 1030. The summed E-state index contributed by atoms with van der Waals surface area (Å²) in [4.78, 5) is 27.7. The number of fused-ring (bicyclic) bond motifs is 1. The molecular weight excluding hydrogens is 373 g/mol. The van der Waals surface area contributed by atoms with Gasteiger partial charge in [0.15, 0.2) is 0 Å². The van der Waals surface area contributed by atoms with Gasteiger partial charge in [-0.25, -0.2) is 14.6 Å². The van der Waals surface area contributed by atoms with E-state index >= 15 is 0 Å². The lowest BCUT2D eigenvalue weighted by molar-refractivity contribution is -0.116. The smallest absolute Gasteiger partial charge is 0.318 e. The van der Waals surface area contributed by atoms with Crippen LogP contribution >= 0.6 is 0 Å². The third-order valence-corrected chi connectivity index (χ3v) is 4.77. The Labute approximate surface area is 167 Å². The maximum absolute atomic E-state index is 13.7. The van der Waals surface area contributed by atoms with Crippen LogP contribution in [0.5, 0.6) is 0 Å². The number of hydrogen-bond donors (Lipinski definition) is 2. The summed E-state index contributed by atoms with van der Waals surface area (Å²) < 4.78 is 13.7. The van der Waals surface area contributed by atoms with E-state index in [-0.39, 0.29) is 18.4 Å². The first-order valence-corrected chi connectivity index (χ1v) is 9.26. The van der Waals surface area contributed by atoms with E-state index in [4.69, 9.17) is 0 Å². The van der Waals surface area contributed by atoms with Crippen LogP contribution in [0.2, 0.25) is 0 Å². The number of urea groups is 1. The summed E-state index contributed by atoms with van der Waals surface area (Å²) in [6.45, 7) is 1.19. The largest absolute Gasteiger partial charge is 0.334 e. The fourth-order valence-electron chi connectivity index (χ4n) is 3.25. The van der Waals surface area contributed by atoms with E-state index in [1.54, 1.807) is 29.3 Å². The quantitative estimate of drug-likeness (QED) is 0.699. The summed E-state index contributed by atoms with van der Waals surface area (Å²) >= 11 is 0. The van der Waals surface area contributed by atoms with Gasteiger partial charge in [-0.2, -0.15) is 9.89 Å². The highest BCUT2D eigenvalue weighted by molar-refractivity contribution is 5.85. The fraction of sp³-hybridized carbons (Fsp3) is 0.190. The molecule has 0 aliphatic carbocycles. The molecule has 2 aromatic carbocycles. The Morgan fingerprint density at radius 2 is 1.79 bits per heavy atom. The minimum atomic E-state index is -0.422. The highest BCUT2D eigenvalue weighted by Gasteiger charge is 2.27. The number of carbonyl (C=O) groups is 2. The minimum Gasteiger partial charge on any atom is -0.334 e. The van der Waals surface area contributed by atoms with Crippen LogP contribution in [0.25, 0.3) is 0 Å². The molecule has 0 saturated carbocycles. The molecule has 2 heterocycles. The van der Waals surface area contributed by atoms with Crippen molar-refractivity contribution in [3.63, 3.8) is 0 Å². The first kappa shape index (κ1) is 18.7. The number of hydrogen-bond acceptors (Lipinski definition) is 3. The zero-order valence-corrected chi connectivity index (χ0v) is 15.6.